The van der Waals surface area contributed by atoms with Gasteiger partial charge in [0.2, 0.25) is 0 Å². The largest absolute Gasteiger partial charge is 0.394 e. The van der Waals surface area contributed by atoms with Crippen molar-refractivity contribution in [3.8, 4) is 0 Å². The van der Waals surface area contributed by atoms with Crippen molar-refractivity contribution in [2.45, 2.75) is 250 Å². The molecule has 1 saturated heterocycles. The highest BCUT2D eigenvalue weighted by Gasteiger charge is 2.44. The van der Waals surface area contributed by atoms with Crippen LogP contribution in [0.1, 0.15) is 207 Å². The minimum absolute atomic E-state index is 0.293. The molecule has 1 rings (SSSR count). The number of carbonyl (C=O) groups is 1. The van der Waals surface area contributed by atoms with E-state index < -0.39 is 61.2 Å². The lowest BCUT2D eigenvalue weighted by atomic mass is 9.91. The molecular formula is C47H90O9. The Morgan fingerprint density at radius 1 is 0.607 bits per heavy atom. The van der Waals surface area contributed by atoms with Crippen LogP contribution in [0.2, 0.25) is 0 Å². The fourth-order valence-corrected chi connectivity index (χ4v) is 7.69. The van der Waals surface area contributed by atoms with Gasteiger partial charge in [-0.15, -0.1) is 0 Å². The van der Waals surface area contributed by atoms with Gasteiger partial charge in [-0.3, -0.25) is 4.79 Å². The summed E-state index contributed by atoms with van der Waals surface area (Å²) in [6, 6.07) is 0. The van der Waals surface area contributed by atoms with Crippen LogP contribution in [0.5, 0.6) is 0 Å². The predicted molar refractivity (Wildman–Crippen MR) is 228 cm³/mol. The molecule has 0 amide bonds. The number of hydrogen-bond donors (Lipinski definition) is 6. The highest BCUT2D eigenvalue weighted by molar-refractivity contribution is 5.86. The van der Waals surface area contributed by atoms with Crippen molar-refractivity contribution in [2.75, 3.05) is 13.2 Å². The molecule has 9 heteroatoms. The van der Waals surface area contributed by atoms with Crippen LogP contribution in [0, 0.1) is 17.8 Å². The minimum atomic E-state index is -1.62. The Hall–Kier alpha value is -0.910. The van der Waals surface area contributed by atoms with E-state index in [1.165, 1.54) is 128 Å². The van der Waals surface area contributed by atoms with E-state index in [0.717, 1.165) is 50.4 Å². The third-order valence-corrected chi connectivity index (χ3v) is 12.4. The lowest BCUT2D eigenvalue weighted by Gasteiger charge is -2.40. The number of ketones is 1. The average Bonchev–Trinajstić information content (AvgIpc) is 3.20. The van der Waals surface area contributed by atoms with Gasteiger partial charge in [-0.05, 0) is 31.1 Å². The van der Waals surface area contributed by atoms with Gasteiger partial charge in [-0.1, -0.05) is 200 Å². The van der Waals surface area contributed by atoms with E-state index in [2.05, 4.69) is 27.7 Å². The number of aliphatic hydroxyl groups excluding tert-OH is 6. The highest BCUT2D eigenvalue weighted by atomic mass is 16.7. The molecule has 0 aromatic heterocycles. The van der Waals surface area contributed by atoms with Gasteiger partial charge in [-0.2, -0.15) is 0 Å². The summed E-state index contributed by atoms with van der Waals surface area (Å²) < 4.78 is 11.1. The molecule has 0 aromatic carbocycles. The molecule has 1 aliphatic heterocycles. The van der Waals surface area contributed by atoms with Crippen molar-refractivity contribution in [3.63, 3.8) is 0 Å². The van der Waals surface area contributed by atoms with Crippen LogP contribution in [0.25, 0.3) is 0 Å². The van der Waals surface area contributed by atoms with E-state index in [0.29, 0.717) is 12.8 Å². The maximum Gasteiger partial charge on any atom is 0.186 e. The average molecular weight is 799 g/mol. The number of unbranched alkanes of at least 4 members (excludes halogenated alkanes) is 21. The van der Waals surface area contributed by atoms with Crippen molar-refractivity contribution in [1.82, 2.24) is 0 Å². The van der Waals surface area contributed by atoms with Gasteiger partial charge >= 0.3 is 0 Å². The van der Waals surface area contributed by atoms with Crippen LogP contribution >= 0.6 is 0 Å². The zero-order valence-corrected chi connectivity index (χ0v) is 36.5. The maximum absolute atomic E-state index is 13.5. The zero-order valence-electron chi connectivity index (χ0n) is 36.5. The van der Waals surface area contributed by atoms with Crippen LogP contribution in [-0.2, 0) is 14.3 Å². The third-order valence-electron chi connectivity index (χ3n) is 12.4. The minimum Gasteiger partial charge on any atom is -0.394 e. The number of allylic oxidation sites excluding steroid dienone is 1. The first-order chi connectivity index (χ1) is 27.1. The van der Waals surface area contributed by atoms with Gasteiger partial charge in [-0.25, -0.2) is 0 Å². The van der Waals surface area contributed by atoms with E-state index in [1.54, 1.807) is 6.08 Å². The van der Waals surface area contributed by atoms with Crippen molar-refractivity contribution < 1.29 is 44.9 Å². The number of ether oxygens (including phenoxy) is 2. The lowest BCUT2D eigenvalue weighted by molar-refractivity contribution is -0.303. The number of aliphatic hydroxyl groups is 6. The topological polar surface area (TPSA) is 157 Å². The van der Waals surface area contributed by atoms with Crippen LogP contribution in [0.3, 0.4) is 0 Å². The zero-order chi connectivity index (χ0) is 41.4. The number of hydrogen-bond acceptors (Lipinski definition) is 9. The highest BCUT2D eigenvalue weighted by Crippen LogP contribution is 2.25. The second-order valence-electron chi connectivity index (χ2n) is 17.4. The van der Waals surface area contributed by atoms with Crippen LogP contribution in [-0.4, -0.2) is 92.5 Å². The van der Waals surface area contributed by atoms with Crippen LogP contribution in [0.15, 0.2) is 12.2 Å². The molecule has 1 heterocycles. The summed E-state index contributed by atoms with van der Waals surface area (Å²) in [6.07, 6.45) is 26.9. The van der Waals surface area contributed by atoms with Crippen molar-refractivity contribution in [1.29, 1.82) is 0 Å². The van der Waals surface area contributed by atoms with Gasteiger partial charge in [0.15, 0.2) is 12.1 Å². The predicted octanol–water partition coefficient (Wildman–Crippen LogP) is 9.50. The van der Waals surface area contributed by atoms with E-state index in [4.69, 9.17) is 9.47 Å². The molecule has 0 radical (unpaired) electrons. The summed E-state index contributed by atoms with van der Waals surface area (Å²) in [7, 11) is 0. The van der Waals surface area contributed by atoms with E-state index in [1.807, 2.05) is 6.08 Å². The molecule has 2 unspecified atom stereocenters. The first-order valence-corrected chi connectivity index (χ1v) is 23.6. The van der Waals surface area contributed by atoms with E-state index >= 15 is 0 Å². The summed E-state index contributed by atoms with van der Waals surface area (Å²) in [5, 5.41) is 62.3. The molecule has 6 N–H and O–H groups in total. The molecule has 0 aliphatic carbocycles. The number of carbonyl (C=O) groups excluding carboxylic acids is 1. The van der Waals surface area contributed by atoms with Gasteiger partial charge in [0.05, 0.1) is 25.2 Å². The molecule has 1 aliphatic rings. The molecule has 0 bridgehead atoms. The summed E-state index contributed by atoms with van der Waals surface area (Å²) in [6.45, 7) is 8.24. The molecule has 332 valence electrons. The molecular weight excluding hydrogens is 709 g/mol. The molecule has 0 aromatic rings. The Kier molecular flexibility index (Phi) is 33.1. The maximum atomic E-state index is 13.5. The Balaban J connectivity index is 2.40. The lowest BCUT2D eigenvalue weighted by Crippen LogP contribution is -2.59. The van der Waals surface area contributed by atoms with Crippen molar-refractivity contribution in [3.05, 3.63) is 12.2 Å². The van der Waals surface area contributed by atoms with Gasteiger partial charge in [0.1, 0.15) is 30.5 Å². The molecule has 56 heavy (non-hydrogen) atoms. The fraction of sp³-hybridized carbons (Fsp3) is 0.936. The van der Waals surface area contributed by atoms with E-state index in [9.17, 15) is 35.4 Å². The Bertz CT molecular complexity index is 929. The van der Waals surface area contributed by atoms with Gasteiger partial charge in [0, 0.05) is 0 Å². The summed E-state index contributed by atoms with van der Waals surface area (Å²) in [4.78, 5) is 13.5. The van der Waals surface area contributed by atoms with Crippen LogP contribution in [0.4, 0.5) is 0 Å². The SMILES string of the molecule is CCC(C)CCCCCCCCC/C=C/[C@@H](O)[C@H](CO[C@@H]1O[C@H](CO)[C@H](O)[C@H](O)[C@H]1O)C(=O)[C@H](O)CCCCCCCCCCCCCCCCCC(C)CC. The molecule has 1 fully saturated rings. The number of Topliss-reactive ketones (excluding diaryl/α,β-unsaturated/α-hetero) is 1. The molecule has 0 spiro atoms. The standard InChI is InChI=1S/C47H90O9/c1-5-37(3)31-27-23-19-15-12-10-8-7-9-11-13-17-22-26-30-34-41(50)43(51)39(36-55-47-46(54)45(53)44(52)42(35-48)56-47)40(49)33-29-25-21-18-14-16-20-24-28-32-38(4)6-2/h29,33,37-42,44-50,52-54H,5-28,30-32,34-36H2,1-4H3/b33-29+/t37?,38?,39-,40+,41+,42+,44-,45-,46+,47+/m0/s1. The molecule has 0 saturated carbocycles. The first-order valence-electron chi connectivity index (χ1n) is 23.6. The van der Waals surface area contributed by atoms with Gasteiger partial charge < -0.3 is 40.1 Å². The second kappa shape index (κ2) is 34.9. The fourth-order valence-electron chi connectivity index (χ4n) is 7.69. The second-order valence-corrected chi connectivity index (χ2v) is 17.4. The van der Waals surface area contributed by atoms with Crippen LogP contribution < -0.4 is 0 Å². The van der Waals surface area contributed by atoms with Crippen molar-refractivity contribution in [2.24, 2.45) is 17.8 Å². The summed E-state index contributed by atoms with van der Waals surface area (Å²) in [5.74, 6) is 0.0348. The van der Waals surface area contributed by atoms with Gasteiger partial charge in [0.25, 0.3) is 0 Å². The monoisotopic (exact) mass is 799 g/mol. The smallest absolute Gasteiger partial charge is 0.186 e. The third kappa shape index (κ3) is 24.9. The van der Waals surface area contributed by atoms with Crippen molar-refractivity contribution >= 4 is 5.78 Å². The number of rotatable bonds is 38. The molecule has 9 nitrogen and oxygen atoms in total. The quantitative estimate of drug-likeness (QED) is 0.0265. The Morgan fingerprint density at radius 2 is 1.02 bits per heavy atom. The molecule has 10 atom stereocenters. The Morgan fingerprint density at radius 3 is 1.45 bits per heavy atom. The summed E-state index contributed by atoms with van der Waals surface area (Å²) >= 11 is 0. The summed E-state index contributed by atoms with van der Waals surface area (Å²) in [5.41, 5.74) is 0. The Labute approximate surface area is 343 Å². The van der Waals surface area contributed by atoms with E-state index in [-0.39, 0.29) is 6.61 Å². The normalized spacial score (nSPS) is 23.0. The first kappa shape index (κ1) is 53.1.